The van der Waals surface area contributed by atoms with Gasteiger partial charge in [-0.2, -0.15) is 0 Å². The number of hydrogen-bond acceptors (Lipinski definition) is 0. The first-order valence-electron chi connectivity index (χ1n) is 12.1. The average molecular weight is 361 g/mol. The Morgan fingerprint density at radius 2 is 1.58 bits per heavy atom. The second kappa shape index (κ2) is 7.44. The molecule has 0 nitrogen and oxygen atoms in total. The van der Waals surface area contributed by atoms with Crippen molar-refractivity contribution < 1.29 is 0 Å². The molecule has 0 amide bonds. The predicted octanol–water partition coefficient (Wildman–Crippen LogP) is 8.50. The van der Waals surface area contributed by atoms with Crippen molar-refractivity contribution in [3.8, 4) is 0 Å². The number of fused-ring (bicyclic) bond motifs is 3. The first-order valence-corrected chi connectivity index (χ1v) is 12.1. The molecule has 0 bridgehead atoms. The minimum atomic E-state index is 0.572. The lowest BCUT2D eigenvalue weighted by Gasteiger charge is -2.66. The molecule has 0 heteroatoms. The van der Waals surface area contributed by atoms with Crippen molar-refractivity contribution in [2.24, 2.45) is 45.8 Å². The smallest absolute Gasteiger partial charge is 0.0259 e. The van der Waals surface area contributed by atoms with Crippen molar-refractivity contribution in [2.75, 3.05) is 0 Å². The molecule has 3 aliphatic rings. The molecule has 3 rings (SSSR count). The van der Waals surface area contributed by atoms with Crippen molar-refractivity contribution in [1.82, 2.24) is 0 Å². The molecule has 152 valence electrons. The van der Waals surface area contributed by atoms with Gasteiger partial charge in [0.1, 0.15) is 0 Å². The first kappa shape index (κ1) is 20.7. The highest BCUT2D eigenvalue weighted by Gasteiger charge is 2.61. The minimum absolute atomic E-state index is 0.572. The molecule has 0 radical (unpaired) electrons. The van der Waals surface area contributed by atoms with Gasteiger partial charge in [0.25, 0.3) is 0 Å². The number of rotatable bonds is 5. The van der Waals surface area contributed by atoms with Gasteiger partial charge in [-0.15, -0.1) is 0 Å². The summed E-state index contributed by atoms with van der Waals surface area (Å²) in [6.07, 6.45) is 16.2. The third-order valence-corrected chi connectivity index (χ3v) is 10.0. The van der Waals surface area contributed by atoms with E-state index in [1.54, 1.807) is 0 Å². The van der Waals surface area contributed by atoms with Crippen LogP contribution in [0, 0.1) is 45.8 Å². The third-order valence-electron chi connectivity index (χ3n) is 10.0. The predicted molar refractivity (Wildman–Crippen MR) is 115 cm³/mol. The van der Waals surface area contributed by atoms with Crippen molar-refractivity contribution in [1.29, 1.82) is 0 Å². The minimum Gasteiger partial charge on any atom is -0.0654 e. The molecule has 7 atom stereocenters. The quantitative estimate of drug-likeness (QED) is 0.461. The van der Waals surface area contributed by atoms with Gasteiger partial charge in [0.15, 0.2) is 0 Å². The van der Waals surface area contributed by atoms with E-state index in [1.807, 2.05) is 0 Å². The van der Waals surface area contributed by atoms with Gasteiger partial charge in [-0.25, -0.2) is 0 Å². The summed E-state index contributed by atoms with van der Waals surface area (Å²) in [4.78, 5) is 0. The van der Waals surface area contributed by atoms with E-state index in [9.17, 15) is 0 Å². The normalized spacial score (nSPS) is 46.3. The SMILES string of the molecule is CCC[C@@H](C)CC[C@H]1[C@H](C)CCC2[C@]3(C)CCCC(C)(C)C3CC[C@@]21C. The molecular weight excluding hydrogens is 312 g/mol. The van der Waals surface area contributed by atoms with Gasteiger partial charge in [0.05, 0.1) is 0 Å². The van der Waals surface area contributed by atoms with Crippen LogP contribution in [-0.2, 0) is 0 Å². The van der Waals surface area contributed by atoms with Crippen molar-refractivity contribution in [3.63, 3.8) is 0 Å². The summed E-state index contributed by atoms with van der Waals surface area (Å²) >= 11 is 0. The highest BCUT2D eigenvalue weighted by molar-refractivity contribution is 5.10. The van der Waals surface area contributed by atoms with E-state index < -0.39 is 0 Å². The maximum atomic E-state index is 2.74. The van der Waals surface area contributed by atoms with Crippen molar-refractivity contribution in [3.05, 3.63) is 0 Å². The fraction of sp³-hybridized carbons (Fsp3) is 1.00. The Morgan fingerprint density at radius 3 is 2.27 bits per heavy atom. The van der Waals surface area contributed by atoms with E-state index in [4.69, 9.17) is 0 Å². The lowest BCUT2D eigenvalue weighted by molar-refractivity contribution is -0.174. The highest BCUT2D eigenvalue weighted by atomic mass is 14.7. The second-order valence-electron chi connectivity index (χ2n) is 12.1. The van der Waals surface area contributed by atoms with Gasteiger partial charge >= 0.3 is 0 Å². The molecule has 2 unspecified atom stereocenters. The third kappa shape index (κ3) is 3.41. The molecule has 0 spiro atoms. The molecule has 3 fully saturated rings. The second-order valence-corrected chi connectivity index (χ2v) is 12.1. The lowest BCUT2D eigenvalue weighted by Crippen LogP contribution is -2.59. The van der Waals surface area contributed by atoms with Crippen LogP contribution in [-0.4, -0.2) is 0 Å². The Hall–Kier alpha value is 0. The zero-order valence-corrected chi connectivity index (χ0v) is 19.2. The Bertz CT molecular complexity index is 476. The van der Waals surface area contributed by atoms with Gasteiger partial charge < -0.3 is 0 Å². The van der Waals surface area contributed by atoms with E-state index in [-0.39, 0.29) is 0 Å². The van der Waals surface area contributed by atoms with Gasteiger partial charge in [-0.3, -0.25) is 0 Å². The zero-order chi connectivity index (χ0) is 19.2. The zero-order valence-electron chi connectivity index (χ0n) is 19.2. The molecule has 26 heavy (non-hydrogen) atoms. The summed E-state index contributed by atoms with van der Waals surface area (Å²) in [6, 6.07) is 0. The van der Waals surface area contributed by atoms with E-state index in [1.165, 1.54) is 70.6 Å². The van der Waals surface area contributed by atoms with Gasteiger partial charge in [0.2, 0.25) is 0 Å². The Kier molecular flexibility index (Phi) is 5.93. The van der Waals surface area contributed by atoms with E-state index in [0.717, 1.165) is 29.6 Å². The summed E-state index contributed by atoms with van der Waals surface area (Å²) in [5, 5.41) is 0. The van der Waals surface area contributed by atoms with Crippen LogP contribution >= 0.6 is 0 Å². The fourth-order valence-corrected chi connectivity index (χ4v) is 8.79. The maximum Gasteiger partial charge on any atom is -0.0259 e. The van der Waals surface area contributed by atoms with E-state index >= 15 is 0 Å². The molecule has 0 heterocycles. The van der Waals surface area contributed by atoms with Crippen LogP contribution in [0.5, 0.6) is 0 Å². The standard InChI is InChI=1S/C26H48/c1-8-10-19(2)11-13-21-20(3)12-14-23-25(21,6)18-15-22-24(4,5)16-9-17-26(22,23)7/h19-23H,8-18H2,1-7H3/t19-,20-,21+,22?,23?,25-,26-/m1/s1. The highest BCUT2D eigenvalue weighted by Crippen LogP contribution is 2.69. The molecule has 3 aliphatic carbocycles. The Balaban J connectivity index is 1.83. The molecule has 0 saturated heterocycles. The molecular formula is C26H48. The van der Waals surface area contributed by atoms with Crippen molar-refractivity contribution in [2.45, 2.75) is 119 Å². The summed E-state index contributed by atoms with van der Waals surface area (Å²) in [5.41, 5.74) is 1.80. The molecule has 0 aliphatic heterocycles. The van der Waals surface area contributed by atoms with E-state index in [0.29, 0.717) is 16.2 Å². The van der Waals surface area contributed by atoms with E-state index in [2.05, 4.69) is 48.5 Å². The summed E-state index contributed by atoms with van der Waals surface area (Å²) in [6.45, 7) is 18.1. The van der Waals surface area contributed by atoms with Crippen molar-refractivity contribution >= 4 is 0 Å². The molecule has 0 N–H and O–H groups in total. The van der Waals surface area contributed by atoms with Gasteiger partial charge in [0, 0.05) is 0 Å². The van der Waals surface area contributed by atoms with Crippen LogP contribution in [0.1, 0.15) is 119 Å². The lowest BCUT2D eigenvalue weighted by atomic mass is 9.38. The Morgan fingerprint density at radius 1 is 0.846 bits per heavy atom. The maximum absolute atomic E-state index is 2.74. The fourth-order valence-electron chi connectivity index (χ4n) is 8.79. The van der Waals surface area contributed by atoms with Crippen LogP contribution in [0.15, 0.2) is 0 Å². The summed E-state index contributed by atoms with van der Waals surface area (Å²) < 4.78 is 0. The summed E-state index contributed by atoms with van der Waals surface area (Å²) in [7, 11) is 0. The molecule has 0 aromatic carbocycles. The largest absolute Gasteiger partial charge is 0.0654 e. The molecule has 3 saturated carbocycles. The van der Waals surface area contributed by atoms with Crippen LogP contribution in [0.3, 0.4) is 0 Å². The topological polar surface area (TPSA) is 0 Å². The van der Waals surface area contributed by atoms with Crippen LogP contribution in [0.4, 0.5) is 0 Å². The van der Waals surface area contributed by atoms with Gasteiger partial charge in [-0.05, 0) is 84.4 Å². The van der Waals surface area contributed by atoms with Crippen LogP contribution < -0.4 is 0 Å². The Labute approximate surface area is 165 Å². The molecule has 0 aromatic heterocycles. The first-order chi connectivity index (χ1) is 12.1. The van der Waals surface area contributed by atoms with Crippen LogP contribution in [0.25, 0.3) is 0 Å². The average Bonchev–Trinajstić information content (AvgIpc) is 2.53. The van der Waals surface area contributed by atoms with Crippen LogP contribution in [0.2, 0.25) is 0 Å². The van der Waals surface area contributed by atoms with Gasteiger partial charge in [-0.1, -0.05) is 80.6 Å². The monoisotopic (exact) mass is 360 g/mol. The summed E-state index contributed by atoms with van der Waals surface area (Å²) in [5.74, 6) is 4.80. The molecule has 0 aromatic rings. The number of hydrogen-bond donors (Lipinski definition) is 0.